The lowest BCUT2D eigenvalue weighted by molar-refractivity contribution is 0.0287. The largest absolute Gasteiger partial charge is 0.393 e. The van der Waals surface area contributed by atoms with Gasteiger partial charge < -0.3 is 14.9 Å². The number of anilines is 1. The van der Waals surface area contributed by atoms with Crippen molar-refractivity contribution in [2.45, 2.75) is 50.4 Å². The predicted octanol–water partition coefficient (Wildman–Crippen LogP) is 2.29. The maximum absolute atomic E-state index is 13.0. The molecule has 30 heavy (non-hydrogen) atoms. The van der Waals surface area contributed by atoms with Gasteiger partial charge in [-0.15, -0.1) is 0 Å². The summed E-state index contributed by atoms with van der Waals surface area (Å²) >= 11 is 0. The standard InChI is InChI=1S/C22H27N5O3/c1-25(22(30)26(2)21-23-10-3-11-24-21)14-15-4-6-16(7-5-15)20(29)27-17-8-9-18(27)13-19(28)12-17/h3-7,10-11,17-19,28H,8-9,12-14H2,1-2H3. The van der Waals surface area contributed by atoms with E-state index in [2.05, 4.69) is 9.97 Å². The van der Waals surface area contributed by atoms with Gasteiger partial charge in [0.1, 0.15) is 0 Å². The fourth-order valence-electron chi connectivity index (χ4n) is 4.53. The van der Waals surface area contributed by atoms with E-state index in [1.807, 2.05) is 29.2 Å². The van der Waals surface area contributed by atoms with Gasteiger partial charge in [0.2, 0.25) is 5.95 Å². The third kappa shape index (κ3) is 4.00. The van der Waals surface area contributed by atoms with Crippen LogP contribution >= 0.6 is 0 Å². The number of aromatic nitrogens is 2. The summed E-state index contributed by atoms with van der Waals surface area (Å²) in [6.45, 7) is 0.408. The molecule has 0 radical (unpaired) electrons. The Morgan fingerprint density at radius 3 is 2.27 bits per heavy atom. The van der Waals surface area contributed by atoms with Crippen molar-refractivity contribution in [3.63, 3.8) is 0 Å². The van der Waals surface area contributed by atoms with Crippen LogP contribution in [-0.2, 0) is 6.54 Å². The van der Waals surface area contributed by atoms with Gasteiger partial charge in [-0.05, 0) is 49.4 Å². The summed E-state index contributed by atoms with van der Waals surface area (Å²) in [5, 5.41) is 9.96. The molecular weight excluding hydrogens is 382 g/mol. The van der Waals surface area contributed by atoms with Crippen molar-refractivity contribution >= 4 is 17.9 Å². The molecule has 158 valence electrons. The highest BCUT2D eigenvalue weighted by Gasteiger charge is 2.42. The Morgan fingerprint density at radius 1 is 1.07 bits per heavy atom. The van der Waals surface area contributed by atoms with E-state index < -0.39 is 0 Å². The van der Waals surface area contributed by atoms with Crippen LogP contribution in [0, 0.1) is 0 Å². The Hall–Kier alpha value is -3.00. The van der Waals surface area contributed by atoms with Crippen LogP contribution in [0.4, 0.5) is 10.7 Å². The zero-order chi connectivity index (χ0) is 21.3. The van der Waals surface area contributed by atoms with Crippen molar-refractivity contribution in [1.29, 1.82) is 0 Å². The molecular formula is C22H27N5O3. The van der Waals surface area contributed by atoms with Crippen LogP contribution in [-0.4, -0.2) is 69.1 Å². The molecule has 2 unspecified atom stereocenters. The molecule has 1 N–H and O–H groups in total. The highest BCUT2D eigenvalue weighted by molar-refractivity contribution is 5.95. The minimum Gasteiger partial charge on any atom is -0.393 e. The zero-order valence-corrected chi connectivity index (χ0v) is 17.3. The van der Waals surface area contributed by atoms with Gasteiger partial charge in [-0.3, -0.25) is 9.69 Å². The van der Waals surface area contributed by atoms with Crippen molar-refractivity contribution < 1.29 is 14.7 Å². The van der Waals surface area contributed by atoms with Crippen molar-refractivity contribution in [2.24, 2.45) is 0 Å². The van der Waals surface area contributed by atoms with Crippen LogP contribution in [0.5, 0.6) is 0 Å². The molecule has 3 amide bonds. The summed E-state index contributed by atoms with van der Waals surface area (Å²) in [6, 6.07) is 9.19. The molecule has 2 aliphatic heterocycles. The number of nitrogens with zero attached hydrogens (tertiary/aromatic N) is 5. The van der Waals surface area contributed by atoms with Crippen LogP contribution in [0.15, 0.2) is 42.7 Å². The first kappa shape index (κ1) is 20.3. The monoisotopic (exact) mass is 409 g/mol. The summed E-state index contributed by atoms with van der Waals surface area (Å²) < 4.78 is 0. The summed E-state index contributed by atoms with van der Waals surface area (Å²) in [7, 11) is 3.36. The molecule has 0 spiro atoms. The number of fused-ring (bicyclic) bond motifs is 2. The number of rotatable bonds is 4. The fraction of sp³-hybridized carbons (Fsp3) is 0.455. The van der Waals surface area contributed by atoms with E-state index in [9.17, 15) is 14.7 Å². The minimum absolute atomic E-state index is 0.0336. The number of benzene rings is 1. The molecule has 3 heterocycles. The number of aliphatic hydroxyl groups is 1. The Bertz CT molecular complexity index is 891. The molecule has 0 saturated carbocycles. The fourth-order valence-corrected chi connectivity index (χ4v) is 4.53. The molecule has 4 rings (SSSR count). The first-order valence-electron chi connectivity index (χ1n) is 10.3. The van der Waals surface area contributed by atoms with Crippen LogP contribution in [0.3, 0.4) is 0 Å². The lowest BCUT2D eigenvalue weighted by Gasteiger charge is -2.37. The number of urea groups is 1. The second kappa shape index (κ2) is 8.39. The number of piperidine rings is 1. The van der Waals surface area contributed by atoms with Crippen molar-refractivity contribution in [3.05, 3.63) is 53.9 Å². The number of hydrogen-bond donors (Lipinski definition) is 1. The molecule has 2 atom stereocenters. The van der Waals surface area contributed by atoms with Gasteiger partial charge >= 0.3 is 6.03 Å². The number of aliphatic hydroxyl groups excluding tert-OH is 1. The van der Waals surface area contributed by atoms with Gasteiger partial charge in [0.15, 0.2) is 0 Å². The number of amides is 3. The minimum atomic E-state index is -0.290. The first-order chi connectivity index (χ1) is 14.4. The summed E-state index contributed by atoms with van der Waals surface area (Å²) in [4.78, 5) is 38.8. The Balaban J connectivity index is 1.39. The van der Waals surface area contributed by atoms with E-state index in [1.54, 1.807) is 37.5 Å². The topological polar surface area (TPSA) is 89.9 Å². The molecule has 2 bridgehead atoms. The normalized spacial score (nSPS) is 22.6. The molecule has 2 aromatic rings. The van der Waals surface area contributed by atoms with Gasteiger partial charge in [-0.2, -0.15) is 0 Å². The molecule has 2 fully saturated rings. The van der Waals surface area contributed by atoms with E-state index in [1.165, 1.54) is 4.90 Å². The van der Waals surface area contributed by atoms with Gasteiger partial charge in [-0.1, -0.05) is 12.1 Å². The SMILES string of the molecule is CN(Cc1ccc(C(=O)N2C3CCC2CC(O)C3)cc1)C(=O)N(C)c1ncccn1. The van der Waals surface area contributed by atoms with Crippen molar-refractivity contribution in [1.82, 2.24) is 19.8 Å². The van der Waals surface area contributed by atoms with Crippen LogP contribution in [0.25, 0.3) is 0 Å². The quantitative estimate of drug-likeness (QED) is 0.837. The predicted molar refractivity (Wildman–Crippen MR) is 112 cm³/mol. The first-order valence-corrected chi connectivity index (χ1v) is 10.3. The maximum atomic E-state index is 13.0. The highest BCUT2D eigenvalue weighted by atomic mass is 16.3. The molecule has 2 saturated heterocycles. The summed E-state index contributed by atoms with van der Waals surface area (Å²) in [5.41, 5.74) is 1.58. The van der Waals surface area contributed by atoms with E-state index in [4.69, 9.17) is 0 Å². The van der Waals surface area contributed by atoms with Crippen LogP contribution < -0.4 is 4.90 Å². The van der Waals surface area contributed by atoms with Gasteiger partial charge in [0.25, 0.3) is 5.91 Å². The van der Waals surface area contributed by atoms with Gasteiger partial charge in [0, 0.05) is 50.7 Å². The van der Waals surface area contributed by atoms with Crippen molar-refractivity contribution in [2.75, 3.05) is 19.0 Å². The number of carbonyl (C=O) groups is 2. The third-order valence-corrected chi connectivity index (χ3v) is 6.03. The van der Waals surface area contributed by atoms with E-state index in [-0.39, 0.29) is 30.1 Å². The lowest BCUT2D eigenvalue weighted by Crippen LogP contribution is -2.48. The molecule has 0 aliphatic carbocycles. The number of hydrogen-bond acceptors (Lipinski definition) is 5. The summed E-state index contributed by atoms with van der Waals surface area (Å²) in [5.74, 6) is 0.378. The zero-order valence-electron chi connectivity index (χ0n) is 17.3. The van der Waals surface area contributed by atoms with Crippen LogP contribution in [0.1, 0.15) is 41.6 Å². The van der Waals surface area contributed by atoms with E-state index in [0.717, 1.165) is 18.4 Å². The molecule has 8 nitrogen and oxygen atoms in total. The number of carbonyl (C=O) groups excluding carboxylic acids is 2. The molecule has 2 aliphatic rings. The average Bonchev–Trinajstić information content (AvgIpc) is 3.04. The lowest BCUT2D eigenvalue weighted by atomic mass is 9.98. The molecule has 1 aromatic heterocycles. The third-order valence-electron chi connectivity index (χ3n) is 6.03. The van der Waals surface area contributed by atoms with Crippen LogP contribution in [0.2, 0.25) is 0 Å². The van der Waals surface area contributed by atoms with Gasteiger partial charge in [-0.25, -0.2) is 14.8 Å². The Labute approximate surface area is 176 Å². The second-order valence-corrected chi connectivity index (χ2v) is 8.17. The molecule has 1 aromatic carbocycles. The Morgan fingerprint density at radius 2 is 1.67 bits per heavy atom. The second-order valence-electron chi connectivity index (χ2n) is 8.17. The van der Waals surface area contributed by atoms with Gasteiger partial charge in [0.05, 0.1) is 6.10 Å². The highest BCUT2D eigenvalue weighted by Crippen LogP contribution is 2.36. The Kier molecular flexibility index (Phi) is 5.67. The summed E-state index contributed by atoms with van der Waals surface area (Å²) in [6.07, 6.45) is 6.18. The maximum Gasteiger partial charge on any atom is 0.326 e. The van der Waals surface area contributed by atoms with Crippen molar-refractivity contribution in [3.8, 4) is 0 Å². The van der Waals surface area contributed by atoms with E-state index >= 15 is 0 Å². The van der Waals surface area contributed by atoms with E-state index in [0.29, 0.717) is 30.9 Å². The average molecular weight is 409 g/mol. The molecule has 8 heteroatoms. The smallest absolute Gasteiger partial charge is 0.326 e.